The monoisotopic (exact) mass is 289 g/mol. The highest BCUT2D eigenvalue weighted by molar-refractivity contribution is 5.54. The molecule has 0 bridgehead atoms. The van der Waals surface area contributed by atoms with Crippen LogP contribution in [-0.2, 0) is 0 Å². The second kappa shape index (κ2) is 4.72. The normalized spacial score (nSPS) is 19.0. The molecule has 0 fully saturated rings. The molecule has 110 valence electrons. The van der Waals surface area contributed by atoms with Gasteiger partial charge in [-0.25, -0.2) is 8.78 Å². The Balaban J connectivity index is 2.04. The molecule has 2 nitrogen and oxygen atoms in total. The van der Waals surface area contributed by atoms with Crippen LogP contribution in [0.15, 0.2) is 36.4 Å². The number of anilines is 1. The smallest absolute Gasteiger partial charge is 0.152 e. The lowest BCUT2D eigenvalue weighted by atomic mass is 9.94. The van der Waals surface area contributed by atoms with Crippen LogP contribution >= 0.6 is 0 Å². The highest BCUT2D eigenvalue weighted by Gasteiger charge is 2.41. The van der Waals surface area contributed by atoms with Crippen molar-refractivity contribution in [3.05, 3.63) is 59.2 Å². The number of ether oxygens (including phenoxy) is 1. The van der Waals surface area contributed by atoms with E-state index in [1.54, 1.807) is 6.92 Å². The van der Waals surface area contributed by atoms with Crippen LogP contribution in [0.1, 0.15) is 31.0 Å². The Labute approximate surface area is 122 Å². The topological polar surface area (TPSA) is 21.3 Å². The number of hydrogen-bond donors (Lipinski definition) is 1. The summed E-state index contributed by atoms with van der Waals surface area (Å²) in [6, 6.07) is 9.93. The maximum Gasteiger partial charge on any atom is 0.152 e. The van der Waals surface area contributed by atoms with E-state index < -0.39 is 17.2 Å². The quantitative estimate of drug-likeness (QED) is 0.872. The molecular formula is C17H17F2NO. The van der Waals surface area contributed by atoms with Crippen molar-refractivity contribution >= 4 is 5.69 Å². The first-order valence-electron chi connectivity index (χ1n) is 6.89. The highest BCUT2D eigenvalue weighted by Crippen LogP contribution is 2.45. The number of hydrogen-bond acceptors (Lipinski definition) is 2. The van der Waals surface area contributed by atoms with Crippen LogP contribution in [0, 0.1) is 18.6 Å². The fourth-order valence-corrected chi connectivity index (χ4v) is 2.71. The minimum Gasteiger partial charge on any atom is -0.485 e. The maximum absolute atomic E-state index is 14.2. The third kappa shape index (κ3) is 2.24. The molecule has 0 amide bonds. The van der Waals surface area contributed by atoms with E-state index in [2.05, 4.69) is 5.32 Å². The fourth-order valence-electron chi connectivity index (χ4n) is 2.71. The van der Waals surface area contributed by atoms with Crippen LogP contribution in [0.25, 0.3) is 0 Å². The van der Waals surface area contributed by atoms with Gasteiger partial charge in [-0.2, -0.15) is 0 Å². The molecule has 0 aromatic heterocycles. The molecule has 1 unspecified atom stereocenters. The zero-order chi connectivity index (χ0) is 15.2. The number of benzene rings is 2. The van der Waals surface area contributed by atoms with Crippen LogP contribution in [0.4, 0.5) is 14.5 Å². The molecule has 0 spiro atoms. The van der Waals surface area contributed by atoms with Crippen LogP contribution in [0.2, 0.25) is 0 Å². The summed E-state index contributed by atoms with van der Waals surface area (Å²) < 4.78 is 34.1. The number of nitrogens with one attached hydrogen (secondary N) is 1. The average molecular weight is 289 g/mol. The van der Waals surface area contributed by atoms with Gasteiger partial charge in [0, 0.05) is 5.56 Å². The summed E-state index contributed by atoms with van der Waals surface area (Å²) in [5, 5.41) is 2.99. The molecule has 0 saturated carbocycles. The van der Waals surface area contributed by atoms with E-state index in [0.29, 0.717) is 5.56 Å². The van der Waals surface area contributed by atoms with Gasteiger partial charge in [-0.3, -0.25) is 0 Å². The van der Waals surface area contributed by atoms with Crippen molar-refractivity contribution in [2.45, 2.75) is 32.4 Å². The van der Waals surface area contributed by atoms with Gasteiger partial charge in [-0.1, -0.05) is 24.3 Å². The second-order valence-corrected chi connectivity index (χ2v) is 5.87. The third-order valence-corrected chi connectivity index (χ3v) is 3.87. The standard InChI is InChI=1S/C17H17F2NO/c1-10-8-9-12(18)15(14(10)19)20-16-11-6-4-5-7-13(11)21-17(16,2)3/h4-9,16,20H,1-3H3. The van der Waals surface area contributed by atoms with E-state index in [1.807, 2.05) is 38.1 Å². The van der Waals surface area contributed by atoms with Crippen LogP contribution in [0.5, 0.6) is 5.75 Å². The van der Waals surface area contributed by atoms with E-state index >= 15 is 0 Å². The minimum absolute atomic E-state index is 0.103. The predicted octanol–water partition coefficient (Wildman–Crippen LogP) is 4.60. The van der Waals surface area contributed by atoms with Gasteiger partial charge in [0.2, 0.25) is 0 Å². The zero-order valence-electron chi connectivity index (χ0n) is 12.2. The van der Waals surface area contributed by atoms with E-state index in [-0.39, 0.29) is 11.7 Å². The van der Waals surface area contributed by atoms with Gasteiger partial charge in [-0.15, -0.1) is 0 Å². The first kappa shape index (κ1) is 13.9. The predicted molar refractivity (Wildman–Crippen MR) is 78.6 cm³/mol. The molecule has 4 heteroatoms. The van der Waals surface area contributed by atoms with Crippen molar-refractivity contribution in [3.63, 3.8) is 0 Å². The maximum atomic E-state index is 14.2. The van der Waals surface area contributed by atoms with Gasteiger partial charge < -0.3 is 10.1 Å². The van der Waals surface area contributed by atoms with Crippen LogP contribution in [-0.4, -0.2) is 5.60 Å². The van der Waals surface area contributed by atoms with E-state index in [0.717, 1.165) is 11.3 Å². The molecule has 0 radical (unpaired) electrons. The molecule has 21 heavy (non-hydrogen) atoms. The minimum atomic E-state index is -0.599. The van der Waals surface area contributed by atoms with Crippen LogP contribution < -0.4 is 10.1 Å². The summed E-state index contributed by atoms with van der Waals surface area (Å²) in [4.78, 5) is 0. The van der Waals surface area contributed by atoms with Gasteiger partial charge in [0.15, 0.2) is 5.82 Å². The van der Waals surface area contributed by atoms with Crippen molar-refractivity contribution in [2.24, 2.45) is 0 Å². The lowest BCUT2D eigenvalue weighted by molar-refractivity contribution is 0.118. The summed E-state index contributed by atoms with van der Waals surface area (Å²) >= 11 is 0. The molecule has 1 aliphatic heterocycles. The summed E-state index contributed by atoms with van der Waals surface area (Å²) in [5.41, 5.74) is 0.617. The largest absolute Gasteiger partial charge is 0.485 e. The van der Waals surface area contributed by atoms with Crippen molar-refractivity contribution in [2.75, 3.05) is 5.32 Å². The molecule has 2 aromatic carbocycles. The molecule has 0 saturated heterocycles. The molecule has 2 aromatic rings. The third-order valence-electron chi connectivity index (χ3n) is 3.87. The van der Waals surface area contributed by atoms with E-state index in [1.165, 1.54) is 12.1 Å². The summed E-state index contributed by atoms with van der Waals surface area (Å²) in [5.74, 6) is -0.415. The Morgan fingerprint density at radius 2 is 1.81 bits per heavy atom. The second-order valence-electron chi connectivity index (χ2n) is 5.87. The number of rotatable bonds is 2. The Morgan fingerprint density at radius 1 is 1.10 bits per heavy atom. The average Bonchev–Trinajstić information content (AvgIpc) is 2.69. The fraction of sp³-hybridized carbons (Fsp3) is 0.294. The lowest BCUT2D eigenvalue weighted by Crippen LogP contribution is -2.35. The lowest BCUT2D eigenvalue weighted by Gasteiger charge is -2.28. The Kier molecular flexibility index (Phi) is 3.12. The van der Waals surface area contributed by atoms with Gasteiger partial charge in [0.05, 0.1) is 6.04 Å². The molecule has 3 rings (SSSR count). The SMILES string of the molecule is Cc1ccc(F)c(NC2c3ccccc3OC2(C)C)c1F. The van der Waals surface area contributed by atoms with E-state index in [4.69, 9.17) is 4.74 Å². The molecule has 1 atom stereocenters. The van der Waals surface area contributed by atoms with E-state index in [9.17, 15) is 8.78 Å². The molecule has 1 heterocycles. The Morgan fingerprint density at radius 3 is 2.57 bits per heavy atom. The molecule has 0 aliphatic carbocycles. The Bertz CT molecular complexity index is 697. The first-order chi connectivity index (χ1) is 9.90. The van der Waals surface area contributed by atoms with Crippen molar-refractivity contribution in [1.82, 2.24) is 0 Å². The van der Waals surface area contributed by atoms with Gasteiger partial charge in [0.1, 0.15) is 22.9 Å². The number of fused-ring (bicyclic) bond motifs is 1. The molecule has 1 aliphatic rings. The van der Waals surface area contributed by atoms with Crippen molar-refractivity contribution in [1.29, 1.82) is 0 Å². The summed E-state index contributed by atoms with van der Waals surface area (Å²) in [7, 11) is 0. The molecular weight excluding hydrogens is 272 g/mol. The zero-order valence-corrected chi connectivity index (χ0v) is 12.2. The van der Waals surface area contributed by atoms with Gasteiger partial charge >= 0.3 is 0 Å². The van der Waals surface area contributed by atoms with Gasteiger partial charge in [0.25, 0.3) is 0 Å². The number of halogens is 2. The van der Waals surface area contributed by atoms with Crippen molar-refractivity contribution in [3.8, 4) is 5.75 Å². The Hall–Kier alpha value is -2.10. The summed E-state index contributed by atoms with van der Waals surface area (Å²) in [6.07, 6.45) is 0. The molecule has 1 N–H and O–H groups in total. The first-order valence-corrected chi connectivity index (χ1v) is 6.89. The number of para-hydroxylation sites is 1. The van der Waals surface area contributed by atoms with Crippen LogP contribution in [0.3, 0.4) is 0 Å². The number of aryl methyl sites for hydroxylation is 1. The highest BCUT2D eigenvalue weighted by atomic mass is 19.1. The summed E-state index contributed by atoms with van der Waals surface area (Å²) in [6.45, 7) is 5.41. The van der Waals surface area contributed by atoms with Crippen molar-refractivity contribution < 1.29 is 13.5 Å². The van der Waals surface area contributed by atoms with Gasteiger partial charge in [-0.05, 0) is 38.5 Å².